The molecule has 0 unspecified atom stereocenters. The lowest BCUT2D eigenvalue weighted by Gasteiger charge is -2.27. The summed E-state index contributed by atoms with van der Waals surface area (Å²) in [6.45, 7) is -0.711. The van der Waals surface area contributed by atoms with Crippen molar-refractivity contribution >= 4 is 52.6 Å². The molecule has 0 bridgehead atoms. The van der Waals surface area contributed by atoms with E-state index < -0.39 is 24.3 Å². The SMILES string of the molecule is O=C(O)CN1C(=O)/C(=C\c2ccc(Cl)cc2Cl)c2ccccc2C1=O. The Morgan fingerprint density at radius 2 is 1.72 bits per heavy atom. The second-order valence-electron chi connectivity index (χ2n) is 5.36. The van der Waals surface area contributed by atoms with Crippen LogP contribution in [0, 0.1) is 0 Å². The standard InChI is InChI=1S/C18H11Cl2NO4/c19-11-6-5-10(15(20)8-11)7-14-12-3-1-2-4-13(12)17(24)21(18(14)25)9-16(22)23/h1-8H,9H2,(H,22,23)/b14-7-. The summed E-state index contributed by atoms with van der Waals surface area (Å²) in [6.07, 6.45) is 1.53. The summed E-state index contributed by atoms with van der Waals surface area (Å²) in [5, 5.41) is 9.79. The maximum atomic E-state index is 12.7. The first kappa shape index (κ1) is 17.2. The first-order chi connectivity index (χ1) is 11.9. The molecule has 0 saturated heterocycles. The Bertz CT molecular complexity index is 936. The van der Waals surface area contributed by atoms with Gasteiger partial charge in [0.15, 0.2) is 0 Å². The van der Waals surface area contributed by atoms with E-state index in [4.69, 9.17) is 28.3 Å². The van der Waals surface area contributed by atoms with Gasteiger partial charge in [-0.2, -0.15) is 0 Å². The number of carboxylic acids is 1. The molecule has 0 atom stereocenters. The fourth-order valence-electron chi connectivity index (χ4n) is 2.60. The highest BCUT2D eigenvalue weighted by Crippen LogP contribution is 2.32. The number of carbonyl (C=O) groups excluding carboxylic acids is 2. The van der Waals surface area contributed by atoms with Crippen molar-refractivity contribution in [2.24, 2.45) is 0 Å². The predicted molar refractivity (Wildman–Crippen MR) is 94.5 cm³/mol. The normalized spacial score (nSPS) is 15.4. The molecule has 0 aliphatic carbocycles. The second-order valence-corrected chi connectivity index (χ2v) is 6.20. The number of imide groups is 1. The van der Waals surface area contributed by atoms with Crippen LogP contribution in [0.3, 0.4) is 0 Å². The Labute approximate surface area is 153 Å². The van der Waals surface area contributed by atoms with Crippen molar-refractivity contribution in [3.8, 4) is 0 Å². The molecular formula is C18H11Cl2NO4. The summed E-state index contributed by atoms with van der Waals surface area (Å²) in [6, 6.07) is 11.3. The van der Waals surface area contributed by atoms with Crippen LogP contribution in [0.25, 0.3) is 11.6 Å². The summed E-state index contributed by atoms with van der Waals surface area (Å²) in [4.78, 5) is 36.9. The third-order valence-corrected chi connectivity index (χ3v) is 4.29. The lowest BCUT2D eigenvalue weighted by atomic mass is 9.92. The first-order valence-electron chi connectivity index (χ1n) is 7.22. The minimum atomic E-state index is -1.27. The molecule has 2 aromatic carbocycles. The summed E-state index contributed by atoms with van der Waals surface area (Å²) in [5.41, 5.74) is 1.43. The van der Waals surface area contributed by atoms with Gasteiger partial charge in [-0.15, -0.1) is 0 Å². The number of halogens is 2. The lowest BCUT2D eigenvalue weighted by Crippen LogP contribution is -2.44. The van der Waals surface area contributed by atoms with E-state index in [-0.39, 0.29) is 11.1 Å². The molecule has 2 amide bonds. The third-order valence-electron chi connectivity index (χ3n) is 3.72. The van der Waals surface area contributed by atoms with Crippen LogP contribution in [0.5, 0.6) is 0 Å². The highest BCUT2D eigenvalue weighted by molar-refractivity contribution is 6.37. The van der Waals surface area contributed by atoms with Crippen LogP contribution in [-0.4, -0.2) is 34.3 Å². The van der Waals surface area contributed by atoms with E-state index in [2.05, 4.69) is 0 Å². The zero-order valence-corrected chi connectivity index (χ0v) is 14.2. The molecule has 25 heavy (non-hydrogen) atoms. The van der Waals surface area contributed by atoms with E-state index in [1.54, 1.807) is 36.4 Å². The average Bonchev–Trinajstić information content (AvgIpc) is 2.57. The number of fused-ring (bicyclic) bond motifs is 1. The quantitative estimate of drug-likeness (QED) is 0.656. The van der Waals surface area contributed by atoms with Gasteiger partial charge in [0.2, 0.25) is 0 Å². The fourth-order valence-corrected chi connectivity index (χ4v) is 3.06. The summed E-state index contributed by atoms with van der Waals surface area (Å²) >= 11 is 12.0. The largest absolute Gasteiger partial charge is 0.480 e. The van der Waals surface area contributed by atoms with Gasteiger partial charge < -0.3 is 5.11 Å². The Hall–Kier alpha value is -2.63. The van der Waals surface area contributed by atoms with Crippen molar-refractivity contribution < 1.29 is 19.5 Å². The van der Waals surface area contributed by atoms with Crippen LogP contribution in [-0.2, 0) is 9.59 Å². The second kappa shape index (κ2) is 6.70. The van der Waals surface area contributed by atoms with Crippen LogP contribution in [0.2, 0.25) is 10.0 Å². The first-order valence-corrected chi connectivity index (χ1v) is 7.98. The van der Waals surface area contributed by atoms with E-state index in [9.17, 15) is 14.4 Å². The van der Waals surface area contributed by atoms with Crippen molar-refractivity contribution in [1.82, 2.24) is 4.90 Å². The molecule has 1 N–H and O–H groups in total. The van der Waals surface area contributed by atoms with Gasteiger partial charge in [-0.25, -0.2) is 0 Å². The Morgan fingerprint density at radius 3 is 2.36 bits per heavy atom. The molecule has 1 aliphatic heterocycles. The number of nitrogens with zero attached hydrogens (tertiary/aromatic N) is 1. The van der Waals surface area contributed by atoms with Crippen LogP contribution < -0.4 is 0 Å². The maximum absolute atomic E-state index is 12.7. The molecule has 7 heteroatoms. The summed E-state index contributed by atoms with van der Waals surface area (Å²) in [5.74, 6) is -2.59. The van der Waals surface area contributed by atoms with Crippen LogP contribution in [0.15, 0.2) is 42.5 Å². The molecule has 0 radical (unpaired) electrons. The number of carbonyl (C=O) groups is 3. The van der Waals surface area contributed by atoms with Crippen LogP contribution in [0.1, 0.15) is 21.5 Å². The van der Waals surface area contributed by atoms with Crippen molar-refractivity contribution in [2.45, 2.75) is 0 Å². The Morgan fingerprint density at radius 1 is 1.04 bits per heavy atom. The van der Waals surface area contributed by atoms with Gasteiger partial charge in [0, 0.05) is 21.2 Å². The van der Waals surface area contributed by atoms with Gasteiger partial charge >= 0.3 is 5.97 Å². The number of amides is 2. The predicted octanol–water partition coefficient (Wildman–Crippen LogP) is 3.60. The number of hydrogen-bond donors (Lipinski definition) is 1. The average molecular weight is 376 g/mol. The van der Waals surface area contributed by atoms with E-state index in [0.717, 1.165) is 0 Å². The van der Waals surface area contributed by atoms with Gasteiger partial charge in [-0.3, -0.25) is 19.3 Å². The summed E-state index contributed by atoms with van der Waals surface area (Å²) in [7, 11) is 0. The Balaban J connectivity index is 2.18. The molecule has 1 aliphatic rings. The molecule has 2 aromatic rings. The molecule has 0 aromatic heterocycles. The zero-order valence-electron chi connectivity index (χ0n) is 12.7. The highest BCUT2D eigenvalue weighted by atomic mass is 35.5. The van der Waals surface area contributed by atoms with Crippen molar-refractivity contribution in [3.63, 3.8) is 0 Å². The molecular weight excluding hydrogens is 365 g/mol. The fraction of sp³-hybridized carbons (Fsp3) is 0.0556. The minimum Gasteiger partial charge on any atom is -0.480 e. The monoisotopic (exact) mass is 375 g/mol. The van der Waals surface area contributed by atoms with E-state index >= 15 is 0 Å². The van der Waals surface area contributed by atoms with Gasteiger partial charge in [-0.05, 0) is 35.4 Å². The van der Waals surface area contributed by atoms with E-state index in [1.165, 1.54) is 12.1 Å². The number of benzene rings is 2. The van der Waals surface area contributed by atoms with Gasteiger partial charge in [0.05, 0.1) is 0 Å². The molecule has 0 saturated carbocycles. The van der Waals surface area contributed by atoms with Gasteiger partial charge in [-0.1, -0.05) is 47.5 Å². The third kappa shape index (κ3) is 3.29. The lowest BCUT2D eigenvalue weighted by molar-refractivity contribution is -0.141. The molecule has 0 spiro atoms. The minimum absolute atomic E-state index is 0.195. The van der Waals surface area contributed by atoms with Crippen molar-refractivity contribution in [1.29, 1.82) is 0 Å². The van der Waals surface area contributed by atoms with Crippen LogP contribution >= 0.6 is 23.2 Å². The smallest absolute Gasteiger partial charge is 0.323 e. The molecule has 0 fully saturated rings. The van der Waals surface area contributed by atoms with Crippen LogP contribution in [0.4, 0.5) is 0 Å². The maximum Gasteiger partial charge on any atom is 0.323 e. The zero-order chi connectivity index (χ0) is 18.1. The molecule has 1 heterocycles. The number of aliphatic carboxylic acids is 1. The number of carboxylic acid groups (broad SMARTS) is 1. The Kier molecular flexibility index (Phi) is 4.61. The van der Waals surface area contributed by atoms with E-state index in [0.29, 0.717) is 26.1 Å². The molecule has 126 valence electrons. The number of rotatable bonds is 3. The van der Waals surface area contributed by atoms with E-state index in [1.807, 2.05) is 0 Å². The van der Waals surface area contributed by atoms with Gasteiger partial charge in [0.25, 0.3) is 11.8 Å². The van der Waals surface area contributed by atoms with Gasteiger partial charge in [0.1, 0.15) is 6.54 Å². The van der Waals surface area contributed by atoms with Crippen molar-refractivity contribution in [2.75, 3.05) is 6.54 Å². The van der Waals surface area contributed by atoms with Crippen molar-refractivity contribution in [3.05, 3.63) is 69.2 Å². The number of hydrogen-bond acceptors (Lipinski definition) is 3. The highest BCUT2D eigenvalue weighted by Gasteiger charge is 2.35. The summed E-state index contributed by atoms with van der Waals surface area (Å²) < 4.78 is 0. The topological polar surface area (TPSA) is 74.7 Å². The molecule has 3 rings (SSSR count). The molecule has 5 nitrogen and oxygen atoms in total.